The molecule has 0 aliphatic heterocycles. The van der Waals surface area contributed by atoms with Gasteiger partial charge in [-0.1, -0.05) is 18.2 Å². The standard InChI is InChI=1S/C16H13NO2/c1-10-9-14(11(2)19-10)16(18)13-7-3-5-12-6-4-8-17-15(12)13/h3-9H,1-2H3. The van der Waals surface area contributed by atoms with E-state index in [0.29, 0.717) is 16.9 Å². The molecule has 0 unspecified atom stereocenters. The van der Waals surface area contributed by atoms with E-state index < -0.39 is 0 Å². The molecule has 3 aromatic rings. The fraction of sp³-hybridized carbons (Fsp3) is 0.125. The minimum absolute atomic E-state index is 0.0429. The molecule has 1 aromatic carbocycles. The molecule has 0 saturated heterocycles. The van der Waals surface area contributed by atoms with Gasteiger partial charge in [0.15, 0.2) is 5.78 Å². The number of pyridine rings is 1. The lowest BCUT2D eigenvalue weighted by atomic mass is 10.0. The number of furan rings is 1. The molecule has 0 fully saturated rings. The van der Waals surface area contributed by atoms with Gasteiger partial charge in [0.2, 0.25) is 0 Å². The van der Waals surface area contributed by atoms with Gasteiger partial charge in [-0.05, 0) is 32.0 Å². The van der Waals surface area contributed by atoms with Crippen LogP contribution in [0.4, 0.5) is 0 Å². The lowest BCUT2D eigenvalue weighted by Gasteiger charge is -2.03. The van der Waals surface area contributed by atoms with Gasteiger partial charge < -0.3 is 4.42 Å². The zero-order valence-corrected chi connectivity index (χ0v) is 10.8. The van der Waals surface area contributed by atoms with Crippen molar-refractivity contribution < 1.29 is 9.21 Å². The number of aryl methyl sites for hydroxylation is 2. The van der Waals surface area contributed by atoms with Crippen molar-refractivity contribution in [2.75, 3.05) is 0 Å². The maximum absolute atomic E-state index is 12.6. The topological polar surface area (TPSA) is 43.1 Å². The second kappa shape index (κ2) is 4.35. The van der Waals surface area contributed by atoms with Crippen molar-refractivity contribution in [3.8, 4) is 0 Å². The quantitative estimate of drug-likeness (QED) is 0.652. The number of hydrogen-bond acceptors (Lipinski definition) is 3. The molecule has 0 aliphatic rings. The molecular weight excluding hydrogens is 238 g/mol. The van der Waals surface area contributed by atoms with Crippen LogP contribution in [0.3, 0.4) is 0 Å². The van der Waals surface area contributed by atoms with Crippen molar-refractivity contribution in [2.45, 2.75) is 13.8 Å². The Bertz CT molecular complexity index is 766. The van der Waals surface area contributed by atoms with Crippen molar-refractivity contribution in [1.82, 2.24) is 4.98 Å². The van der Waals surface area contributed by atoms with Crippen LogP contribution >= 0.6 is 0 Å². The first-order valence-corrected chi connectivity index (χ1v) is 6.12. The lowest BCUT2D eigenvalue weighted by Crippen LogP contribution is -2.03. The monoisotopic (exact) mass is 251 g/mol. The molecule has 2 aromatic heterocycles. The molecule has 19 heavy (non-hydrogen) atoms. The van der Waals surface area contributed by atoms with Crippen molar-refractivity contribution in [2.24, 2.45) is 0 Å². The molecule has 94 valence electrons. The molecule has 0 atom stereocenters. The van der Waals surface area contributed by atoms with Crippen LogP contribution < -0.4 is 0 Å². The van der Waals surface area contributed by atoms with Crippen LogP contribution in [0.25, 0.3) is 10.9 Å². The van der Waals surface area contributed by atoms with E-state index in [1.165, 1.54) is 0 Å². The molecular formula is C16H13NO2. The SMILES string of the molecule is Cc1cc(C(=O)c2cccc3cccnc23)c(C)o1. The summed E-state index contributed by atoms with van der Waals surface area (Å²) in [4.78, 5) is 16.9. The number of benzene rings is 1. The number of carbonyl (C=O) groups excluding carboxylic acids is 1. The molecule has 0 radical (unpaired) electrons. The predicted octanol–water partition coefficient (Wildman–Crippen LogP) is 3.68. The summed E-state index contributed by atoms with van der Waals surface area (Å²) in [7, 11) is 0. The van der Waals surface area contributed by atoms with Crippen molar-refractivity contribution in [1.29, 1.82) is 0 Å². The van der Waals surface area contributed by atoms with Gasteiger partial charge in [0.1, 0.15) is 11.5 Å². The lowest BCUT2D eigenvalue weighted by molar-refractivity contribution is 0.103. The summed E-state index contributed by atoms with van der Waals surface area (Å²) in [6, 6.07) is 11.2. The fourth-order valence-electron chi connectivity index (χ4n) is 2.29. The van der Waals surface area contributed by atoms with E-state index in [-0.39, 0.29) is 5.78 Å². The zero-order chi connectivity index (χ0) is 13.4. The Kier molecular flexibility index (Phi) is 2.67. The van der Waals surface area contributed by atoms with E-state index >= 15 is 0 Å². The average molecular weight is 251 g/mol. The Morgan fingerprint density at radius 1 is 1.11 bits per heavy atom. The molecule has 0 N–H and O–H groups in total. The Morgan fingerprint density at radius 2 is 1.89 bits per heavy atom. The maximum Gasteiger partial charge on any atom is 0.198 e. The molecule has 3 nitrogen and oxygen atoms in total. The Balaban J connectivity index is 2.19. The molecule has 0 bridgehead atoms. The summed E-state index contributed by atoms with van der Waals surface area (Å²) in [5, 5.41) is 0.964. The summed E-state index contributed by atoms with van der Waals surface area (Å²) >= 11 is 0. The van der Waals surface area contributed by atoms with Gasteiger partial charge in [0.25, 0.3) is 0 Å². The van der Waals surface area contributed by atoms with Crippen LogP contribution in [0.1, 0.15) is 27.4 Å². The highest BCUT2D eigenvalue weighted by molar-refractivity contribution is 6.15. The van der Waals surface area contributed by atoms with Crippen molar-refractivity contribution >= 4 is 16.7 Å². The highest BCUT2D eigenvalue weighted by atomic mass is 16.3. The Labute approximate surface area is 110 Å². The first-order valence-electron chi connectivity index (χ1n) is 6.12. The van der Waals surface area contributed by atoms with Crippen LogP contribution in [0.5, 0.6) is 0 Å². The van der Waals surface area contributed by atoms with E-state index in [1.807, 2.05) is 31.2 Å². The number of nitrogens with zero attached hydrogens (tertiary/aromatic N) is 1. The highest BCUT2D eigenvalue weighted by Crippen LogP contribution is 2.22. The van der Waals surface area contributed by atoms with Gasteiger partial charge in [-0.2, -0.15) is 0 Å². The van der Waals surface area contributed by atoms with E-state index in [0.717, 1.165) is 16.7 Å². The molecule has 3 rings (SSSR count). The molecule has 0 aliphatic carbocycles. The van der Waals surface area contributed by atoms with Crippen molar-refractivity contribution in [3.05, 3.63) is 65.2 Å². The van der Waals surface area contributed by atoms with Crippen molar-refractivity contribution in [3.63, 3.8) is 0 Å². The highest BCUT2D eigenvalue weighted by Gasteiger charge is 2.18. The van der Waals surface area contributed by atoms with Crippen LogP contribution in [-0.2, 0) is 0 Å². The van der Waals surface area contributed by atoms with E-state index in [1.54, 1.807) is 25.3 Å². The van der Waals surface area contributed by atoms with Crippen LogP contribution in [0, 0.1) is 13.8 Å². The summed E-state index contributed by atoms with van der Waals surface area (Å²) in [5.41, 5.74) is 1.95. The third-order valence-electron chi connectivity index (χ3n) is 3.16. The van der Waals surface area contributed by atoms with Gasteiger partial charge in [0.05, 0.1) is 11.1 Å². The van der Waals surface area contributed by atoms with E-state index in [9.17, 15) is 4.79 Å². The second-order valence-electron chi connectivity index (χ2n) is 4.54. The first kappa shape index (κ1) is 11.7. The zero-order valence-electron chi connectivity index (χ0n) is 10.8. The summed E-state index contributed by atoms with van der Waals surface area (Å²) < 4.78 is 5.43. The average Bonchev–Trinajstić information content (AvgIpc) is 2.76. The number of aromatic nitrogens is 1. The summed E-state index contributed by atoms with van der Waals surface area (Å²) in [5.74, 6) is 1.35. The van der Waals surface area contributed by atoms with Crippen LogP contribution in [-0.4, -0.2) is 10.8 Å². The minimum Gasteiger partial charge on any atom is -0.466 e. The third-order valence-corrected chi connectivity index (χ3v) is 3.16. The summed E-state index contributed by atoms with van der Waals surface area (Å²) in [6.07, 6.45) is 1.70. The largest absolute Gasteiger partial charge is 0.466 e. The molecule has 0 spiro atoms. The molecule has 0 amide bonds. The van der Waals surface area contributed by atoms with Gasteiger partial charge in [-0.25, -0.2) is 0 Å². The number of para-hydroxylation sites is 1. The Hall–Kier alpha value is -2.42. The van der Waals surface area contributed by atoms with Crippen LogP contribution in [0.2, 0.25) is 0 Å². The number of ketones is 1. The van der Waals surface area contributed by atoms with E-state index in [2.05, 4.69) is 4.98 Å². The molecule has 3 heteroatoms. The number of fused-ring (bicyclic) bond motifs is 1. The van der Waals surface area contributed by atoms with Gasteiger partial charge in [-0.15, -0.1) is 0 Å². The molecule has 0 saturated carbocycles. The van der Waals surface area contributed by atoms with Gasteiger partial charge >= 0.3 is 0 Å². The fourth-order valence-corrected chi connectivity index (χ4v) is 2.29. The normalized spacial score (nSPS) is 10.8. The molecule has 2 heterocycles. The maximum atomic E-state index is 12.6. The smallest absolute Gasteiger partial charge is 0.198 e. The Morgan fingerprint density at radius 3 is 2.63 bits per heavy atom. The van der Waals surface area contributed by atoms with E-state index in [4.69, 9.17) is 4.42 Å². The number of carbonyl (C=O) groups is 1. The van der Waals surface area contributed by atoms with Gasteiger partial charge in [0, 0.05) is 17.1 Å². The number of rotatable bonds is 2. The predicted molar refractivity (Wildman–Crippen MR) is 73.4 cm³/mol. The third kappa shape index (κ3) is 1.93. The first-order chi connectivity index (χ1) is 9.16. The minimum atomic E-state index is -0.0429. The second-order valence-corrected chi connectivity index (χ2v) is 4.54. The van der Waals surface area contributed by atoms with Crippen LogP contribution in [0.15, 0.2) is 47.0 Å². The summed E-state index contributed by atoms with van der Waals surface area (Å²) in [6.45, 7) is 3.64. The number of hydrogen-bond donors (Lipinski definition) is 0. The van der Waals surface area contributed by atoms with Gasteiger partial charge in [-0.3, -0.25) is 9.78 Å².